The first-order valence-corrected chi connectivity index (χ1v) is 8.70. The van der Waals surface area contributed by atoms with E-state index in [2.05, 4.69) is 15.3 Å². The van der Waals surface area contributed by atoms with Gasteiger partial charge in [-0.3, -0.25) is 15.2 Å². The van der Waals surface area contributed by atoms with Gasteiger partial charge in [-0.15, -0.1) is 0 Å². The van der Waals surface area contributed by atoms with E-state index in [1.807, 2.05) is 37.3 Å². The molecule has 0 aliphatic rings. The Morgan fingerprint density at radius 1 is 1.33 bits per heavy atom. The molecule has 0 atom stereocenters. The van der Waals surface area contributed by atoms with Gasteiger partial charge < -0.3 is 4.90 Å². The number of anilines is 2. The van der Waals surface area contributed by atoms with Crippen molar-refractivity contribution in [3.05, 3.63) is 74.8 Å². The highest BCUT2D eigenvalue weighted by Crippen LogP contribution is 2.32. The van der Waals surface area contributed by atoms with Gasteiger partial charge >= 0.3 is 0 Å². The van der Waals surface area contributed by atoms with Crippen molar-refractivity contribution in [1.29, 1.82) is 0 Å². The van der Waals surface area contributed by atoms with Gasteiger partial charge in [-0.1, -0.05) is 31.2 Å². The minimum Gasteiger partial charge on any atom is -0.339 e. The molecule has 0 saturated carbocycles. The number of benzene rings is 2. The van der Waals surface area contributed by atoms with Gasteiger partial charge in [0, 0.05) is 30.8 Å². The standard InChI is InChI=1S/C18H18N6O2S/c1-3-17-20-21-18(27)23(17)19-12-13-9-10-15(16(11-13)24(25)26)22(2)14-7-5-4-6-8-14/h4-12H,3H2,1-2H3,(H,21,27)/b19-12-. The number of aromatic amines is 1. The normalized spacial score (nSPS) is 11.0. The quantitative estimate of drug-likeness (QED) is 0.300. The van der Waals surface area contributed by atoms with Crippen molar-refractivity contribution in [2.45, 2.75) is 13.3 Å². The monoisotopic (exact) mass is 382 g/mol. The smallest absolute Gasteiger partial charge is 0.293 e. The number of aryl methyl sites for hydroxylation is 1. The molecule has 3 rings (SSSR count). The summed E-state index contributed by atoms with van der Waals surface area (Å²) in [6.07, 6.45) is 2.19. The molecule has 1 N–H and O–H groups in total. The van der Waals surface area contributed by atoms with Gasteiger partial charge in [0.05, 0.1) is 11.1 Å². The zero-order valence-corrected chi connectivity index (χ0v) is 15.7. The molecular formula is C18H18N6O2S. The van der Waals surface area contributed by atoms with Gasteiger partial charge in [0.15, 0.2) is 5.82 Å². The predicted molar refractivity (Wildman–Crippen MR) is 107 cm³/mol. The Hall–Kier alpha value is -3.33. The van der Waals surface area contributed by atoms with Crippen LogP contribution in [0.25, 0.3) is 0 Å². The van der Waals surface area contributed by atoms with Crippen LogP contribution >= 0.6 is 12.2 Å². The zero-order valence-electron chi connectivity index (χ0n) is 14.9. The van der Waals surface area contributed by atoms with Crippen LogP contribution in [0.4, 0.5) is 17.1 Å². The maximum absolute atomic E-state index is 11.6. The average Bonchev–Trinajstić information content (AvgIpc) is 3.05. The van der Waals surface area contributed by atoms with E-state index < -0.39 is 4.92 Å². The van der Waals surface area contributed by atoms with Crippen LogP contribution in [-0.4, -0.2) is 33.1 Å². The molecule has 0 spiro atoms. The molecule has 1 aromatic heterocycles. The van der Waals surface area contributed by atoms with Crippen LogP contribution in [-0.2, 0) is 6.42 Å². The Labute approximate surface area is 160 Å². The Balaban J connectivity index is 1.97. The van der Waals surface area contributed by atoms with Crippen LogP contribution in [0.15, 0.2) is 53.6 Å². The van der Waals surface area contributed by atoms with E-state index in [-0.39, 0.29) is 5.69 Å². The van der Waals surface area contributed by atoms with E-state index in [0.29, 0.717) is 28.3 Å². The maximum atomic E-state index is 11.6. The lowest BCUT2D eigenvalue weighted by atomic mass is 10.1. The summed E-state index contributed by atoms with van der Waals surface area (Å²) in [5.74, 6) is 0.686. The fraction of sp³-hybridized carbons (Fsp3) is 0.167. The summed E-state index contributed by atoms with van der Waals surface area (Å²) < 4.78 is 1.88. The third kappa shape index (κ3) is 3.93. The van der Waals surface area contributed by atoms with Crippen molar-refractivity contribution in [3.63, 3.8) is 0 Å². The Kier molecular flexibility index (Phi) is 5.41. The highest BCUT2D eigenvalue weighted by atomic mass is 32.1. The lowest BCUT2D eigenvalue weighted by Crippen LogP contribution is -2.11. The van der Waals surface area contributed by atoms with E-state index in [4.69, 9.17) is 12.2 Å². The van der Waals surface area contributed by atoms with Crippen LogP contribution in [0.2, 0.25) is 0 Å². The molecule has 0 unspecified atom stereocenters. The fourth-order valence-electron chi connectivity index (χ4n) is 2.64. The molecule has 0 aliphatic heterocycles. The molecule has 9 heteroatoms. The largest absolute Gasteiger partial charge is 0.339 e. The number of nitrogens with one attached hydrogen (secondary N) is 1. The average molecular weight is 382 g/mol. The highest BCUT2D eigenvalue weighted by molar-refractivity contribution is 7.71. The summed E-state index contributed by atoms with van der Waals surface area (Å²) >= 11 is 5.15. The highest BCUT2D eigenvalue weighted by Gasteiger charge is 2.18. The second kappa shape index (κ2) is 7.92. The Morgan fingerprint density at radius 2 is 2.07 bits per heavy atom. The predicted octanol–water partition coefficient (Wildman–Crippen LogP) is 4.06. The molecule has 0 amide bonds. The lowest BCUT2D eigenvalue weighted by molar-refractivity contribution is -0.384. The summed E-state index contributed by atoms with van der Waals surface area (Å²) in [5.41, 5.74) is 1.95. The first kappa shape index (κ1) is 18.5. The molecule has 2 aromatic carbocycles. The minimum atomic E-state index is -0.396. The molecule has 0 aliphatic carbocycles. The molecule has 3 aromatic rings. The molecule has 0 bridgehead atoms. The summed E-state index contributed by atoms with van der Waals surface area (Å²) in [5, 5.41) is 22.7. The number of H-pyrrole nitrogens is 1. The van der Waals surface area contributed by atoms with Crippen LogP contribution in [0.3, 0.4) is 0 Å². The van der Waals surface area contributed by atoms with Gasteiger partial charge in [0.25, 0.3) is 5.69 Å². The number of nitrogens with zero attached hydrogens (tertiary/aromatic N) is 5. The zero-order chi connectivity index (χ0) is 19.4. The second-order valence-corrected chi connectivity index (χ2v) is 6.14. The van der Waals surface area contributed by atoms with E-state index in [0.717, 1.165) is 5.69 Å². The van der Waals surface area contributed by atoms with E-state index in [9.17, 15) is 10.1 Å². The maximum Gasteiger partial charge on any atom is 0.293 e. The van der Waals surface area contributed by atoms with Crippen molar-refractivity contribution in [2.24, 2.45) is 5.10 Å². The molecule has 0 fully saturated rings. The summed E-state index contributed by atoms with van der Waals surface area (Å²) in [6, 6.07) is 14.4. The third-order valence-corrected chi connectivity index (χ3v) is 4.32. The first-order chi connectivity index (χ1) is 13.0. The van der Waals surface area contributed by atoms with Crippen molar-refractivity contribution in [2.75, 3.05) is 11.9 Å². The number of hydrogen-bond donors (Lipinski definition) is 1. The Bertz CT molecular complexity index is 1040. The molecule has 138 valence electrons. The van der Waals surface area contributed by atoms with Crippen molar-refractivity contribution < 1.29 is 4.92 Å². The van der Waals surface area contributed by atoms with Gasteiger partial charge in [0.1, 0.15) is 5.69 Å². The number of rotatable bonds is 6. The summed E-state index contributed by atoms with van der Waals surface area (Å²) in [6.45, 7) is 1.94. The molecule has 0 radical (unpaired) electrons. The molecule has 1 heterocycles. The van der Waals surface area contributed by atoms with Crippen LogP contribution in [0, 0.1) is 14.9 Å². The summed E-state index contributed by atoms with van der Waals surface area (Å²) in [4.78, 5) is 13.0. The fourth-order valence-corrected chi connectivity index (χ4v) is 2.84. The van der Waals surface area contributed by atoms with Gasteiger partial charge in [-0.25, -0.2) is 0 Å². The summed E-state index contributed by atoms with van der Waals surface area (Å²) in [7, 11) is 1.80. The van der Waals surface area contributed by atoms with E-state index in [1.165, 1.54) is 17.0 Å². The number of aromatic nitrogens is 3. The van der Waals surface area contributed by atoms with Crippen molar-refractivity contribution >= 4 is 35.5 Å². The number of nitro groups is 1. The number of nitro benzene ring substituents is 1. The number of hydrogen-bond acceptors (Lipinski definition) is 6. The van der Waals surface area contributed by atoms with E-state index >= 15 is 0 Å². The minimum absolute atomic E-state index is 0.00295. The number of para-hydroxylation sites is 1. The topological polar surface area (TPSA) is 92.3 Å². The first-order valence-electron chi connectivity index (χ1n) is 8.29. The van der Waals surface area contributed by atoms with Crippen molar-refractivity contribution in [1.82, 2.24) is 14.9 Å². The van der Waals surface area contributed by atoms with Crippen LogP contribution in [0.1, 0.15) is 18.3 Å². The molecular weight excluding hydrogens is 364 g/mol. The van der Waals surface area contributed by atoms with Crippen molar-refractivity contribution in [3.8, 4) is 0 Å². The molecule has 8 nitrogen and oxygen atoms in total. The van der Waals surface area contributed by atoms with E-state index in [1.54, 1.807) is 24.1 Å². The van der Waals surface area contributed by atoms with Crippen LogP contribution < -0.4 is 4.90 Å². The van der Waals surface area contributed by atoms with Crippen LogP contribution in [0.5, 0.6) is 0 Å². The SMILES string of the molecule is CCc1n[nH]c(=S)n1/N=C\c1ccc(N(C)c2ccccc2)c([N+](=O)[O-])c1. The third-order valence-electron chi connectivity index (χ3n) is 4.06. The Morgan fingerprint density at radius 3 is 2.74 bits per heavy atom. The lowest BCUT2D eigenvalue weighted by Gasteiger charge is -2.19. The van der Waals surface area contributed by atoms with Gasteiger partial charge in [0.2, 0.25) is 4.77 Å². The van der Waals surface area contributed by atoms with Gasteiger partial charge in [-0.05, 0) is 30.4 Å². The van der Waals surface area contributed by atoms with Gasteiger partial charge in [-0.2, -0.15) is 14.9 Å². The second-order valence-electron chi connectivity index (χ2n) is 5.75. The molecule has 0 saturated heterocycles. The molecule has 27 heavy (non-hydrogen) atoms.